The average Bonchev–Trinajstić information content (AvgIpc) is 3.77. The second-order valence-corrected chi connectivity index (χ2v) is 18.5. The van der Waals surface area contributed by atoms with Crippen LogP contribution in [0.4, 0.5) is 0 Å². The van der Waals surface area contributed by atoms with E-state index >= 15 is 0 Å². The first kappa shape index (κ1) is 44.3. The van der Waals surface area contributed by atoms with Crippen molar-refractivity contribution in [2.24, 2.45) is 0 Å². The lowest BCUT2D eigenvalue weighted by molar-refractivity contribution is 1.06. The summed E-state index contributed by atoms with van der Waals surface area (Å²) in [6, 6.07) is 71.6. The molecule has 12 rings (SSSR count). The van der Waals surface area contributed by atoms with Crippen LogP contribution in [0.3, 0.4) is 0 Å². The van der Waals surface area contributed by atoms with Crippen molar-refractivity contribution in [3.63, 3.8) is 0 Å². The molecule has 0 aliphatic carbocycles. The van der Waals surface area contributed by atoms with Crippen LogP contribution in [0.25, 0.3) is 118 Å². The molecule has 3 heterocycles. The van der Waals surface area contributed by atoms with E-state index in [-0.39, 0.29) is 0 Å². The Kier molecular flexibility index (Phi) is 11.4. The first-order chi connectivity index (χ1) is 35.3. The second kappa shape index (κ2) is 18.5. The maximum Gasteiger partial charge on any atom is 0.166 e. The van der Waals surface area contributed by atoms with Gasteiger partial charge >= 0.3 is 0 Å². The van der Waals surface area contributed by atoms with Gasteiger partial charge in [0, 0.05) is 44.2 Å². The van der Waals surface area contributed by atoms with Gasteiger partial charge in [-0.15, -0.1) is 16.4 Å². The Hall–Kier alpha value is -8.88. The number of nitrogens with zero attached hydrogens (tertiary/aromatic N) is 7. The molecule has 0 aliphatic heterocycles. The maximum atomic E-state index is 5.39. The van der Waals surface area contributed by atoms with Gasteiger partial charge in [-0.3, -0.25) is 0 Å². The molecule has 0 fully saturated rings. The van der Waals surface area contributed by atoms with Crippen molar-refractivity contribution in [2.75, 3.05) is 0 Å². The summed E-state index contributed by atoms with van der Waals surface area (Å²) in [5.41, 5.74) is 19.0. The summed E-state index contributed by atoms with van der Waals surface area (Å²) in [7, 11) is 10.9. The van der Waals surface area contributed by atoms with Crippen molar-refractivity contribution >= 4 is 88.4 Å². The van der Waals surface area contributed by atoms with Crippen LogP contribution in [0.15, 0.2) is 206 Å². The Bertz CT molecular complexity index is 3840. The highest BCUT2D eigenvalue weighted by atomic mass is 15.1. The minimum Gasteiger partial charge on any atom is -0.308 e. The molecule has 12 aromatic rings. The second-order valence-electron chi connectivity index (χ2n) is 18.5. The van der Waals surface area contributed by atoms with Gasteiger partial charge in [-0.25, -0.2) is 29.9 Å². The van der Waals surface area contributed by atoms with Crippen LogP contribution in [0.2, 0.25) is 0 Å². The van der Waals surface area contributed by atoms with Gasteiger partial charge in [0.25, 0.3) is 0 Å². The molecular weight excluding hydrogens is 873 g/mol. The molecule has 7 nitrogen and oxygen atoms in total. The van der Waals surface area contributed by atoms with Crippen LogP contribution in [0, 0.1) is 0 Å². The van der Waals surface area contributed by atoms with Crippen LogP contribution < -0.4 is 27.3 Å². The molecule has 0 saturated carbocycles. The fourth-order valence-electron chi connectivity index (χ4n) is 10.0. The van der Waals surface area contributed by atoms with E-state index in [0.29, 0.717) is 34.9 Å². The number of hydrogen-bond donors (Lipinski definition) is 0. The topological polar surface area (TPSA) is 82.3 Å². The van der Waals surface area contributed by atoms with Crippen molar-refractivity contribution in [2.45, 2.75) is 0 Å². The van der Waals surface area contributed by atoms with Gasteiger partial charge in [-0.1, -0.05) is 175 Å². The van der Waals surface area contributed by atoms with E-state index in [9.17, 15) is 0 Å². The van der Waals surface area contributed by atoms with Crippen LogP contribution >= 0.6 is 0 Å². The molecule has 12 heteroatoms. The molecule has 0 aliphatic rings. The monoisotopic (exact) mass is 917 g/mol. The lowest BCUT2D eigenvalue weighted by atomic mass is 9.60. The number of rotatable bonds is 9. The zero-order valence-corrected chi connectivity index (χ0v) is 40.8. The van der Waals surface area contributed by atoms with Crippen LogP contribution in [0.5, 0.6) is 0 Å². The van der Waals surface area contributed by atoms with E-state index in [1.54, 1.807) is 0 Å². The summed E-state index contributed by atoms with van der Waals surface area (Å²) in [6.45, 7) is 0. The number of benzene rings is 9. The van der Waals surface area contributed by atoms with E-state index in [4.69, 9.17) is 29.9 Å². The lowest BCUT2D eigenvalue weighted by Gasteiger charge is -2.20. The van der Waals surface area contributed by atoms with Gasteiger partial charge in [0.1, 0.15) is 39.2 Å². The molecule has 0 saturated heterocycles. The summed E-state index contributed by atoms with van der Waals surface area (Å²) in [5, 5.41) is 2.27. The standard InChI is InChI=1S/C60H44B5N7/c61-50-49(51(62)53(64)54(65)52(50)63)60-70-57(39-24-14-5-15-25-39)67-58(71-60)42-28-31-48(45(34-42)59-68-55(37-20-10-3-11-21-37)66-56(69-59)38-22-12-4-13-23-38)72-46-29-26-40(35-16-6-1-7-17-35)32-43(46)44-33-41(27-30-47(44)72)36-18-8-2-9-19-36/h1-34H,61-65H2. The van der Waals surface area contributed by atoms with Gasteiger partial charge in [0.05, 0.1) is 16.7 Å². The van der Waals surface area contributed by atoms with Crippen LogP contribution in [0.1, 0.15) is 0 Å². The number of hydrogen-bond acceptors (Lipinski definition) is 6. The lowest BCUT2D eigenvalue weighted by Crippen LogP contribution is -2.55. The van der Waals surface area contributed by atoms with Gasteiger partial charge in [-0.2, -0.15) is 0 Å². The van der Waals surface area contributed by atoms with Gasteiger partial charge in [-0.05, 0) is 64.7 Å². The average molecular weight is 917 g/mol. The largest absolute Gasteiger partial charge is 0.308 e. The fourth-order valence-corrected chi connectivity index (χ4v) is 10.0. The quantitative estimate of drug-likeness (QED) is 0.171. The van der Waals surface area contributed by atoms with Gasteiger partial charge in [0.2, 0.25) is 0 Å². The maximum absolute atomic E-state index is 5.39. The minimum absolute atomic E-state index is 0.519. The van der Waals surface area contributed by atoms with Crippen LogP contribution in [-0.4, -0.2) is 73.7 Å². The molecule has 0 N–H and O–H groups in total. The number of aromatic nitrogens is 7. The van der Waals surface area contributed by atoms with Crippen molar-refractivity contribution < 1.29 is 0 Å². The predicted octanol–water partition coefficient (Wildman–Crippen LogP) is 5.78. The molecule has 334 valence electrons. The minimum atomic E-state index is 0.519. The molecule has 0 bridgehead atoms. The Labute approximate surface area is 423 Å². The fraction of sp³-hybridized carbons (Fsp3) is 0. The summed E-state index contributed by atoms with van der Waals surface area (Å²) in [5.74, 6) is 3.44. The highest BCUT2D eigenvalue weighted by molar-refractivity contribution is 6.68. The van der Waals surface area contributed by atoms with E-state index in [0.717, 1.165) is 94.1 Å². The third-order valence-electron chi connectivity index (χ3n) is 14.3. The highest BCUT2D eigenvalue weighted by Crippen LogP contribution is 2.41. The molecule has 72 heavy (non-hydrogen) atoms. The summed E-state index contributed by atoms with van der Waals surface area (Å²) >= 11 is 0. The Morgan fingerprint density at radius 2 is 0.597 bits per heavy atom. The van der Waals surface area contributed by atoms with E-state index in [1.165, 1.54) is 16.4 Å². The normalized spacial score (nSPS) is 11.3. The predicted molar refractivity (Wildman–Crippen MR) is 312 cm³/mol. The summed E-state index contributed by atoms with van der Waals surface area (Å²) in [6.07, 6.45) is 0. The SMILES string of the molecule is Bc1c(B)c(B)c(-c2nc(-c3ccccc3)nc(-c3ccc(-n4c5ccc(-c6ccccc6)cc5c5cc(-c6ccccc6)ccc54)c(-c4nc(-c5ccccc5)nc(-c5ccccc5)n4)c3)n2)c(B)c1B. The van der Waals surface area contributed by atoms with Crippen molar-refractivity contribution in [1.82, 2.24) is 34.5 Å². The number of fused-ring (bicyclic) bond motifs is 3. The van der Waals surface area contributed by atoms with E-state index in [1.807, 2.05) is 78.9 Å². The Balaban J connectivity index is 1.16. The van der Waals surface area contributed by atoms with Crippen molar-refractivity contribution in [3.05, 3.63) is 206 Å². The third kappa shape index (κ3) is 8.01. The van der Waals surface area contributed by atoms with Crippen LogP contribution in [-0.2, 0) is 0 Å². The first-order valence-corrected chi connectivity index (χ1v) is 24.4. The van der Waals surface area contributed by atoms with E-state index in [2.05, 4.69) is 171 Å². The molecule has 3 aromatic heterocycles. The molecule has 0 atom stereocenters. The Morgan fingerprint density at radius 1 is 0.264 bits per heavy atom. The van der Waals surface area contributed by atoms with Crippen molar-refractivity contribution in [1.29, 1.82) is 0 Å². The first-order valence-electron chi connectivity index (χ1n) is 24.4. The van der Waals surface area contributed by atoms with Gasteiger partial charge in [0.15, 0.2) is 34.9 Å². The zero-order chi connectivity index (χ0) is 48.9. The zero-order valence-electron chi connectivity index (χ0n) is 40.8. The molecule has 0 radical (unpaired) electrons. The summed E-state index contributed by atoms with van der Waals surface area (Å²) in [4.78, 5) is 31.7. The highest BCUT2D eigenvalue weighted by Gasteiger charge is 2.24. The molecular formula is C60H44B5N7. The van der Waals surface area contributed by atoms with Gasteiger partial charge < -0.3 is 4.57 Å². The molecule has 9 aromatic carbocycles. The van der Waals surface area contributed by atoms with Crippen molar-refractivity contribution in [3.8, 4) is 96.3 Å². The Morgan fingerprint density at radius 3 is 1.01 bits per heavy atom. The smallest absolute Gasteiger partial charge is 0.166 e. The molecule has 0 unspecified atom stereocenters. The third-order valence-corrected chi connectivity index (χ3v) is 14.3. The molecule has 0 amide bonds. The molecule has 0 spiro atoms. The van der Waals surface area contributed by atoms with E-state index < -0.39 is 0 Å². The summed E-state index contributed by atoms with van der Waals surface area (Å²) < 4.78 is 2.36.